The number of aromatic nitrogens is 2. The molecule has 1 heterocycles. The van der Waals surface area contributed by atoms with Gasteiger partial charge in [-0.1, -0.05) is 54.2 Å². The molecule has 0 amide bonds. The van der Waals surface area contributed by atoms with E-state index in [1.165, 1.54) is 5.56 Å². The van der Waals surface area contributed by atoms with Crippen LogP contribution in [-0.4, -0.2) is 21.1 Å². The van der Waals surface area contributed by atoms with Gasteiger partial charge in [0.1, 0.15) is 5.78 Å². The number of rotatable bonds is 9. The first-order valence-corrected chi connectivity index (χ1v) is 10.3. The number of hydrogen-bond acceptors (Lipinski definition) is 4. The zero-order chi connectivity index (χ0) is 19.1. The molecule has 0 saturated carbocycles. The highest BCUT2D eigenvalue weighted by molar-refractivity contribution is 7.99. The Morgan fingerprint density at radius 3 is 2.56 bits per heavy atom. The van der Waals surface area contributed by atoms with Gasteiger partial charge in [-0.05, 0) is 43.9 Å². The summed E-state index contributed by atoms with van der Waals surface area (Å²) in [5, 5.41) is 1.40. The minimum atomic E-state index is 0.0164. The third-order valence-corrected chi connectivity index (χ3v) is 5.48. The molecule has 0 fully saturated rings. The van der Waals surface area contributed by atoms with Crippen LogP contribution in [0.2, 0.25) is 0 Å². The van der Waals surface area contributed by atoms with Gasteiger partial charge in [-0.2, -0.15) is 0 Å². The Bertz CT molecular complexity index is 967. The van der Waals surface area contributed by atoms with Crippen LogP contribution in [0.25, 0.3) is 10.9 Å². The first kappa shape index (κ1) is 19.4. The molecule has 27 heavy (non-hydrogen) atoms. The normalized spacial score (nSPS) is 11.0. The van der Waals surface area contributed by atoms with Crippen LogP contribution in [0.1, 0.15) is 31.7 Å². The minimum Gasteiger partial charge on any atom is -0.300 e. The molecule has 3 aromatic rings. The standard InChI is InChI=1S/C22H24N2O2S/c1-17(25)9-8-16-27-22-23-20-14-6-5-13-19(20)21(26)24(22)15-7-12-18-10-3-2-4-11-18/h2-6,10-11,13-14H,7-9,12,15-16H2,1H3. The predicted octanol–water partition coefficient (Wildman–Crippen LogP) is 4.49. The van der Waals surface area contributed by atoms with E-state index in [1.54, 1.807) is 23.3 Å². The number of fused-ring (bicyclic) bond motifs is 1. The number of Topliss-reactive ketones (excluding diaryl/α,β-unsaturated/α-hetero) is 1. The maximum absolute atomic E-state index is 13.0. The molecule has 0 atom stereocenters. The quantitative estimate of drug-likeness (QED) is 0.312. The zero-order valence-corrected chi connectivity index (χ0v) is 16.4. The summed E-state index contributed by atoms with van der Waals surface area (Å²) in [6, 6.07) is 17.8. The molecule has 1 aromatic heterocycles. The Morgan fingerprint density at radius 1 is 1.04 bits per heavy atom. The monoisotopic (exact) mass is 380 g/mol. The molecule has 3 rings (SSSR count). The summed E-state index contributed by atoms with van der Waals surface area (Å²) < 4.78 is 1.80. The number of ketones is 1. The van der Waals surface area contributed by atoms with Crippen LogP contribution >= 0.6 is 11.8 Å². The van der Waals surface area contributed by atoms with Crippen molar-refractivity contribution in [1.82, 2.24) is 9.55 Å². The summed E-state index contributed by atoms with van der Waals surface area (Å²) >= 11 is 1.56. The SMILES string of the molecule is CC(=O)CCCSc1nc2ccccc2c(=O)n1CCCc1ccccc1. The fourth-order valence-corrected chi connectivity index (χ4v) is 3.99. The lowest BCUT2D eigenvalue weighted by Crippen LogP contribution is -2.24. The van der Waals surface area contributed by atoms with Gasteiger partial charge in [0, 0.05) is 18.7 Å². The topological polar surface area (TPSA) is 52.0 Å². The lowest BCUT2D eigenvalue weighted by Gasteiger charge is -2.13. The summed E-state index contributed by atoms with van der Waals surface area (Å²) in [6.07, 6.45) is 3.17. The third-order valence-electron chi connectivity index (χ3n) is 4.42. The molecule has 140 valence electrons. The number of aryl methyl sites for hydroxylation is 1. The lowest BCUT2D eigenvalue weighted by molar-refractivity contribution is -0.117. The van der Waals surface area contributed by atoms with Crippen LogP contribution in [0.4, 0.5) is 0 Å². The minimum absolute atomic E-state index is 0.0164. The molecule has 0 spiro atoms. The first-order chi connectivity index (χ1) is 13.1. The summed E-state index contributed by atoms with van der Waals surface area (Å²) in [7, 11) is 0. The van der Waals surface area contributed by atoms with E-state index in [-0.39, 0.29) is 11.3 Å². The van der Waals surface area contributed by atoms with Gasteiger partial charge in [0.05, 0.1) is 10.9 Å². The number of benzene rings is 2. The Morgan fingerprint density at radius 2 is 1.78 bits per heavy atom. The van der Waals surface area contributed by atoms with Crippen LogP contribution < -0.4 is 5.56 Å². The van der Waals surface area contributed by atoms with Gasteiger partial charge in [-0.3, -0.25) is 9.36 Å². The molecule has 0 unspecified atom stereocenters. The van der Waals surface area contributed by atoms with E-state index in [0.717, 1.165) is 35.7 Å². The summed E-state index contributed by atoms with van der Waals surface area (Å²) in [5.74, 6) is 0.977. The highest BCUT2D eigenvalue weighted by atomic mass is 32.2. The van der Waals surface area contributed by atoms with Crippen molar-refractivity contribution in [3.8, 4) is 0 Å². The fraction of sp³-hybridized carbons (Fsp3) is 0.318. The van der Waals surface area contributed by atoms with Crippen LogP contribution in [0, 0.1) is 0 Å². The van der Waals surface area contributed by atoms with Crippen molar-refractivity contribution >= 4 is 28.4 Å². The third kappa shape index (κ3) is 5.30. The second kappa shape index (κ2) is 9.51. The molecule has 0 bridgehead atoms. The Kier molecular flexibility index (Phi) is 6.82. The lowest BCUT2D eigenvalue weighted by atomic mass is 10.1. The highest BCUT2D eigenvalue weighted by Gasteiger charge is 2.11. The van der Waals surface area contributed by atoms with Gasteiger partial charge in [0.25, 0.3) is 5.56 Å². The largest absolute Gasteiger partial charge is 0.300 e. The average molecular weight is 381 g/mol. The van der Waals surface area contributed by atoms with Crippen molar-refractivity contribution in [3.05, 3.63) is 70.5 Å². The van der Waals surface area contributed by atoms with Crippen molar-refractivity contribution in [2.75, 3.05) is 5.75 Å². The van der Waals surface area contributed by atoms with E-state index < -0.39 is 0 Å². The number of para-hydroxylation sites is 1. The molecular weight excluding hydrogens is 356 g/mol. The Balaban J connectivity index is 1.79. The Hall–Kier alpha value is -2.40. The van der Waals surface area contributed by atoms with Crippen molar-refractivity contribution in [2.24, 2.45) is 0 Å². The van der Waals surface area contributed by atoms with E-state index in [4.69, 9.17) is 4.98 Å². The second-order valence-electron chi connectivity index (χ2n) is 6.61. The maximum Gasteiger partial charge on any atom is 0.262 e. The van der Waals surface area contributed by atoms with Gasteiger partial charge in [-0.15, -0.1) is 0 Å². The average Bonchev–Trinajstić information content (AvgIpc) is 2.68. The first-order valence-electron chi connectivity index (χ1n) is 9.31. The molecule has 4 nitrogen and oxygen atoms in total. The van der Waals surface area contributed by atoms with E-state index >= 15 is 0 Å². The number of thioether (sulfide) groups is 1. The van der Waals surface area contributed by atoms with Crippen molar-refractivity contribution in [2.45, 2.75) is 44.3 Å². The zero-order valence-electron chi connectivity index (χ0n) is 15.6. The number of nitrogens with zero attached hydrogens (tertiary/aromatic N) is 2. The van der Waals surface area contributed by atoms with Crippen LogP contribution in [0.5, 0.6) is 0 Å². The van der Waals surface area contributed by atoms with Gasteiger partial charge in [-0.25, -0.2) is 4.98 Å². The molecule has 0 radical (unpaired) electrons. The Labute approximate surface area is 163 Å². The molecule has 0 aliphatic carbocycles. The number of carbonyl (C=O) groups is 1. The fourth-order valence-electron chi connectivity index (χ4n) is 3.03. The molecular formula is C22H24N2O2S. The summed E-state index contributed by atoms with van der Waals surface area (Å²) in [5.41, 5.74) is 2.02. The van der Waals surface area contributed by atoms with Crippen molar-refractivity contribution in [3.63, 3.8) is 0 Å². The van der Waals surface area contributed by atoms with E-state index in [2.05, 4.69) is 12.1 Å². The van der Waals surface area contributed by atoms with Crippen molar-refractivity contribution in [1.29, 1.82) is 0 Å². The van der Waals surface area contributed by atoms with Crippen LogP contribution in [0.15, 0.2) is 64.5 Å². The maximum atomic E-state index is 13.0. The van der Waals surface area contributed by atoms with Crippen molar-refractivity contribution < 1.29 is 4.79 Å². The smallest absolute Gasteiger partial charge is 0.262 e. The molecule has 5 heteroatoms. The molecule has 0 saturated heterocycles. The molecule has 0 N–H and O–H groups in total. The highest BCUT2D eigenvalue weighted by Crippen LogP contribution is 2.20. The van der Waals surface area contributed by atoms with Gasteiger partial charge in [0.2, 0.25) is 0 Å². The molecule has 2 aromatic carbocycles. The predicted molar refractivity (Wildman–Crippen MR) is 111 cm³/mol. The summed E-state index contributed by atoms with van der Waals surface area (Å²) in [4.78, 5) is 28.9. The summed E-state index contributed by atoms with van der Waals surface area (Å²) in [6.45, 7) is 2.25. The van der Waals surface area contributed by atoms with E-state index in [1.807, 2.05) is 42.5 Å². The number of carbonyl (C=O) groups excluding carboxylic acids is 1. The second-order valence-corrected chi connectivity index (χ2v) is 7.67. The number of hydrogen-bond donors (Lipinski definition) is 0. The molecule has 0 aliphatic heterocycles. The van der Waals surface area contributed by atoms with Gasteiger partial charge in [0.15, 0.2) is 5.16 Å². The van der Waals surface area contributed by atoms with E-state index in [9.17, 15) is 9.59 Å². The van der Waals surface area contributed by atoms with Crippen LogP contribution in [-0.2, 0) is 17.8 Å². The molecule has 0 aliphatic rings. The van der Waals surface area contributed by atoms with Gasteiger partial charge < -0.3 is 4.79 Å². The van der Waals surface area contributed by atoms with E-state index in [0.29, 0.717) is 18.4 Å². The van der Waals surface area contributed by atoms with Gasteiger partial charge >= 0.3 is 0 Å². The van der Waals surface area contributed by atoms with Crippen LogP contribution in [0.3, 0.4) is 0 Å².